The molecular formula is C34H53N7O8S2. The largest absolute Gasteiger partial charge is 0.480 e. The number of rotatable bonds is 21. The van der Waals surface area contributed by atoms with Gasteiger partial charge < -0.3 is 37.0 Å². The Hall–Kier alpha value is -3.93. The molecule has 0 aromatic heterocycles. The van der Waals surface area contributed by atoms with Crippen LogP contribution in [0, 0.1) is 11.8 Å². The number of benzene rings is 2. The topological polar surface area (TPSA) is 229 Å². The number of thiol groups is 1. The van der Waals surface area contributed by atoms with E-state index in [-0.39, 0.29) is 29.4 Å². The number of carboxylic acid groups (broad SMARTS) is 1. The van der Waals surface area contributed by atoms with Crippen molar-refractivity contribution < 1.29 is 37.5 Å². The highest BCUT2D eigenvalue weighted by Gasteiger charge is 2.32. The lowest BCUT2D eigenvalue weighted by molar-refractivity contribution is -0.143. The van der Waals surface area contributed by atoms with Crippen LogP contribution < -0.4 is 36.6 Å². The molecule has 0 fully saturated rings. The summed E-state index contributed by atoms with van der Waals surface area (Å²) in [6.45, 7) is 6.68. The number of aliphatic carboxylic acids is 1. The van der Waals surface area contributed by atoms with E-state index in [9.17, 15) is 37.5 Å². The zero-order valence-corrected chi connectivity index (χ0v) is 31.8. The molecular weight excluding hydrogens is 699 g/mol. The molecule has 0 aliphatic carbocycles. The molecule has 2 rings (SSSR count). The maximum Gasteiger partial charge on any atom is 0.326 e. The van der Waals surface area contributed by atoms with Crippen LogP contribution in [0.4, 0.5) is 5.69 Å². The van der Waals surface area contributed by atoms with Gasteiger partial charge in [-0.1, -0.05) is 52.0 Å². The van der Waals surface area contributed by atoms with Crippen molar-refractivity contribution in [2.75, 3.05) is 37.8 Å². The standard InChI is InChI=1S/C34H53N7O8S2/c1-20(2)17-25(34(46)47)39-33(45)30(21(3)4)40-31(43)24(13-7-8-16-35)38-32(44)26(19-50)37-29(42)18-36-51(48,49)28-15-10-11-22-23(28)12-9-14-27(22)41(5)6/h9-12,14-15,20-21,24-26,30,36,50H,7-8,13,16-19,35H2,1-6H3,(H,37,42)(H,38,44)(H,39,45)(H,40,43)(H,46,47)/t24-,25-,26-,30-/m0/s1. The molecule has 0 aliphatic heterocycles. The average molecular weight is 752 g/mol. The lowest BCUT2D eigenvalue weighted by atomic mass is 9.99. The number of sulfonamides is 1. The van der Waals surface area contributed by atoms with E-state index >= 15 is 0 Å². The number of fused-ring (bicyclic) bond motifs is 1. The quantitative estimate of drug-likeness (QED) is 0.0666. The lowest BCUT2D eigenvalue weighted by Gasteiger charge is -2.27. The van der Waals surface area contributed by atoms with Crippen molar-refractivity contribution in [3.8, 4) is 0 Å². The van der Waals surface area contributed by atoms with Crippen LogP contribution in [0.1, 0.15) is 53.4 Å². The van der Waals surface area contributed by atoms with E-state index in [4.69, 9.17) is 5.73 Å². The fourth-order valence-corrected chi connectivity index (χ4v) is 6.80. The highest BCUT2D eigenvalue weighted by Crippen LogP contribution is 2.30. The number of unbranched alkanes of at least 4 members (excludes halogenated alkanes) is 1. The number of nitrogens with two attached hydrogens (primary N) is 1. The van der Waals surface area contributed by atoms with Crippen LogP contribution in [-0.2, 0) is 34.0 Å². The van der Waals surface area contributed by atoms with E-state index in [1.165, 1.54) is 6.07 Å². The summed E-state index contributed by atoms with van der Waals surface area (Å²) in [7, 11) is -0.466. The molecule has 0 heterocycles. The summed E-state index contributed by atoms with van der Waals surface area (Å²) in [6, 6.07) is 5.49. The average Bonchev–Trinajstić information content (AvgIpc) is 3.06. The number of hydrogen-bond donors (Lipinski definition) is 8. The molecule has 15 nitrogen and oxygen atoms in total. The molecule has 8 N–H and O–H groups in total. The number of anilines is 1. The number of carbonyl (C=O) groups excluding carboxylic acids is 4. The van der Waals surface area contributed by atoms with E-state index in [1.807, 2.05) is 38.9 Å². The van der Waals surface area contributed by atoms with Gasteiger partial charge in [-0.3, -0.25) is 19.2 Å². The van der Waals surface area contributed by atoms with Crippen molar-refractivity contribution >= 4 is 68.7 Å². The van der Waals surface area contributed by atoms with Crippen LogP contribution in [0.5, 0.6) is 0 Å². The Kier molecular flexibility index (Phi) is 17.1. The SMILES string of the molecule is CC(C)C[C@H](NC(=O)[C@@H](NC(=O)[C@H](CCCCN)NC(=O)[C@H](CS)NC(=O)CNS(=O)(=O)c1cccc2c(N(C)C)cccc12)C(C)C)C(=O)O. The maximum atomic E-state index is 13.5. The summed E-state index contributed by atoms with van der Waals surface area (Å²) in [5.74, 6) is -4.75. The Bertz CT molecular complexity index is 1640. The van der Waals surface area contributed by atoms with Crippen molar-refractivity contribution in [2.24, 2.45) is 17.6 Å². The molecule has 2 aromatic carbocycles. The first-order valence-electron chi connectivity index (χ1n) is 16.9. The predicted octanol–water partition coefficient (Wildman–Crippen LogP) is 0.969. The Balaban J connectivity index is 2.15. The Morgan fingerprint density at radius 1 is 0.824 bits per heavy atom. The third kappa shape index (κ3) is 13.0. The van der Waals surface area contributed by atoms with Gasteiger partial charge in [0.25, 0.3) is 0 Å². The van der Waals surface area contributed by atoms with Gasteiger partial charge in [-0.25, -0.2) is 17.9 Å². The fraction of sp³-hybridized carbons (Fsp3) is 0.559. The van der Waals surface area contributed by atoms with E-state index in [0.29, 0.717) is 30.2 Å². The number of hydrogen-bond acceptors (Lipinski definition) is 10. The predicted molar refractivity (Wildman–Crippen MR) is 200 cm³/mol. The molecule has 51 heavy (non-hydrogen) atoms. The fourth-order valence-electron chi connectivity index (χ4n) is 5.34. The zero-order valence-electron chi connectivity index (χ0n) is 30.1. The highest BCUT2D eigenvalue weighted by molar-refractivity contribution is 7.89. The van der Waals surface area contributed by atoms with Crippen LogP contribution in [0.3, 0.4) is 0 Å². The van der Waals surface area contributed by atoms with Gasteiger partial charge in [0.05, 0.1) is 11.4 Å². The second-order valence-electron chi connectivity index (χ2n) is 13.3. The third-order valence-corrected chi connectivity index (χ3v) is 9.86. The van der Waals surface area contributed by atoms with Crippen molar-refractivity contribution in [1.29, 1.82) is 0 Å². The van der Waals surface area contributed by atoms with Crippen molar-refractivity contribution in [3.63, 3.8) is 0 Å². The molecule has 284 valence electrons. The Morgan fingerprint density at radius 3 is 2.00 bits per heavy atom. The first kappa shape index (κ1) is 43.2. The molecule has 2 aromatic rings. The Morgan fingerprint density at radius 2 is 1.43 bits per heavy atom. The van der Waals surface area contributed by atoms with E-state index in [0.717, 1.165) is 5.69 Å². The number of carbonyl (C=O) groups is 5. The van der Waals surface area contributed by atoms with Gasteiger partial charge in [0, 0.05) is 36.3 Å². The molecule has 0 aliphatic rings. The first-order chi connectivity index (χ1) is 23.9. The third-order valence-electron chi connectivity index (χ3n) is 8.04. The number of nitrogens with zero attached hydrogens (tertiary/aromatic N) is 1. The number of amides is 4. The monoisotopic (exact) mass is 751 g/mol. The van der Waals surface area contributed by atoms with E-state index in [2.05, 4.69) is 38.6 Å². The summed E-state index contributed by atoms with van der Waals surface area (Å²) < 4.78 is 28.8. The summed E-state index contributed by atoms with van der Waals surface area (Å²) in [5, 5.41) is 21.0. The van der Waals surface area contributed by atoms with Gasteiger partial charge in [-0.05, 0) is 56.2 Å². The number of carboxylic acids is 1. The van der Waals surface area contributed by atoms with Gasteiger partial charge >= 0.3 is 5.97 Å². The van der Waals surface area contributed by atoms with Crippen LogP contribution >= 0.6 is 12.6 Å². The first-order valence-corrected chi connectivity index (χ1v) is 19.0. The molecule has 4 amide bonds. The van der Waals surface area contributed by atoms with Crippen LogP contribution in [0.2, 0.25) is 0 Å². The van der Waals surface area contributed by atoms with Crippen molar-refractivity contribution in [3.05, 3.63) is 36.4 Å². The molecule has 4 atom stereocenters. The molecule has 0 saturated heterocycles. The molecule has 0 saturated carbocycles. The molecule has 0 radical (unpaired) electrons. The molecule has 0 unspecified atom stereocenters. The van der Waals surface area contributed by atoms with Crippen LogP contribution in [0.25, 0.3) is 10.8 Å². The van der Waals surface area contributed by atoms with Gasteiger partial charge in [-0.15, -0.1) is 0 Å². The number of nitrogens with one attached hydrogen (secondary N) is 5. The summed E-state index contributed by atoms with van der Waals surface area (Å²) in [6.07, 6.45) is 1.34. The summed E-state index contributed by atoms with van der Waals surface area (Å²) >= 11 is 4.18. The van der Waals surface area contributed by atoms with Crippen molar-refractivity contribution in [2.45, 2.75) is 82.4 Å². The van der Waals surface area contributed by atoms with Gasteiger partial charge in [0.2, 0.25) is 33.7 Å². The van der Waals surface area contributed by atoms with E-state index in [1.54, 1.807) is 38.1 Å². The highest BCUT2D eigenvalue weighted by atomic mass is 32.2. The smallest absolute Gasteiger partial charge is 0.326 e. The maximum absolute atomic E-state index is 13.5. The van der Waals surface area contributed by atoms with Crippen LogP contribution in [0.15, 0.2) is 41.3 Å². The zero-order chi connectivity index (χ0) is 38.5. The lowest BCUT2D eigenvalue weighted by Crippen LogP contribution is -2.59. The minimum atomic E-state index is -4.15. The Labute approximate surface area is 305 Å². The summed E-state index contributed by atoms with van der Waals surface area (Å²) in [5.41, 5.74) is 6.44. The summed E-state index contributed by atoms with van der Waals surface area (Å²) in [4.78, 5) is 66.4. The normalized spacial score (nSPS) is 14.0. The van der Waals surface area contributed by atoms with Crippen molar-refractivity contribution in [1.82, 2.24) is 26.0 Å². The molecule has 0 bridgehead atoms. The molecule has 0 spiro atoms. The van der Waals surface area contributed by atoms with Crippen LogP contribution in [-0.4, -0.2) is 100 Å². The second kappa shape index (κ2) is 20.2. The van der Waals surface area contributed by atoms with Gasteiger partial charge in [0.15, 0.2) is 0 Å². The van der Waals surface area contributed by atoms with E-state index < -0.39 is 76.3 Å². The second-order valence-corrected chi connectivity index (χ2v) is 15.4. The minimum Gasteiger partial charge on any atom is -0.480 e. The van der Waals surface area contributed by atoms with Gasteiger partial charge in [0.1, 0.15) is 24.2 Å². The molecule has 17 heteroatoms. The van der Waals surface area contributed by atoms with Gasteiger partial charge in [-0.2, -0.15) is 12.6 Å². The minimum absolute atomic E-state index is 0.0121.